The van der Waals surface area contributed by atoms with E-state index in [0.717, 1.165) is 50.7 Å². The molecular weight excluding hydrogens is 852 g/mol. The van der Waals surface area contributed by atoms with Crippen LogP contribution in [0.4, 0.5) is 22.7 Å². The molecule has 0 N–H and O–H groups in total. The fraction of sp³-hybridized carbons (Fsp3) is 0.160. The van der Waals surface area contributed by atoms with Crippen molar-refractivity contribution in [3.05, 3.63) is 186 Å². The minimum atomic E-state index is 0. The first-order chi connectivity index (χ1) is 26.3. The topological polar surface area (TPSA) is 24.3 Å². The van der Waals surface area contributed by atoms with Crippen LogP contribution in [0, 0.1) is 25.7 Å². The van der Waals surface area contributed by atoms with Crippen molar-refractivity contribution in [3.8, 4) is 16.9 Å². The zero-order valence-electron chi connectivity index (χ0n) is 31.8. The quantitative estimate of drug-likeness (QED) is 0.142. The summed E-state index contributed by atoms with van der Waals surface area (Å²) >= 11 is 0. The van der Waals surface area contributed by atoms with Crippen LogP contribution < -0.4 is 9.80 Å². The molecule has 0 atom stereocenters. The Balaban J connectivity index is 0.00000427. The van der Waals surface area contributed by atoms with Crippen molar-refractivity contribution in [2.24, 2.45) is 0 Å². The van der Waals surface area contributed by atoms with E-state index in [9.17, 15) is 0 Å². The Kier molecular flexibility index (Phi) is 9.97. The third-order valence-corrected chi connectivity index (χ3v) is 10.7. The Hall–Kier alpha value is -5.44. The van der Waals surface area contributed by atoms with Crippen LogP contribution in [0.3, 0.4) is 0 Å². The molecule has 0 aliphatic carbocycles. The van der Waals surface area contributed by atoms with Crippen LogP contribution in [0.5, 0.6) is 0 Å². The molecule has 0 unspecified atom stereocenters. The first-order valence-corrected chi connectivity index (χ1v) is 19.0. The van der Waals surface area contributed by atoms with E-state index in [1.165, 1.54) is 38.6 Å². The van der Waals surface area contributed by atoms with Crippen LogP contribution in [0.15, 0.2) is 140 Å². The number of hydrogen-bond donors (Lipinski definition) is 0. The van der Waals surface area contributed by atoms with Crippen molar-refractivity contribution in [1.29, 1.82) is 0 Å². The summed E-state index contributed by atoms with van der Waals surface area (Å²) in [7, 11) is 0. The molecule has 0 spiro atoms. The van der Waals surface area contributed by atoms with E-state index < -0.39 is 0 Å². The molecule has 1 aliphatic rings. The molecule has 0 amide bonds. The number of aromatic nitrogens is 2. The molecule has 1 aliphatic heterocycles. The van der Waals surface area contributed by atoms with Crippen molar-refractivity contribution >= 4 is 44.6 Å². The van der Waals surface area contributed by atoms with Gasteiger partial charge in [-0.1, -0.05) is 99.9 Å². The Morgan fingerprint density at radius 2 is 1.33 bits per heavy atom. The molecule has 276 valence electrons. The molecule has 0 radical (unpaired) electrons. The number of para-hydroxylation sites is 4. The number of nitrogens with zero attached hydrogens (tertiary/aromatic N) is 4. The third-order valence-electron chi connectivity index (χ3n) is 10.7. The van der Waals surface area contributed by atoms with Crippen LogP contribution in [0.2, 0.25) is 0 Å². The van der Waals surface area contributed by atoms with E-state index in [2.05, 4.69) is 195 Å². The summed E-state index contributed by atoms with van der Waals surface area (Å²) in [6, 6.07) is 55.8. The van der Waals surface area contributed by atoms with Gasteiger partial charge in [0, 0.05) is 49.8 Å². The van der Waals surface area contributed by atoms with Gasteiger partial charge in [0.05, 0.1) is 0 Å². The predicted molar refractivity (Wildman–Crippen MR) is 225 cm³/mol. The van der Waals surface area contributed by atoms with Crippen LogP contribution in [0.25, 0.3) is 38.8 Å². The molecule has 2 aromatic heterocycles. The molecule has 0 fully saturated rings. The van der Waals surface area contributed by atoms with Gasteiger partial charge >= 0.3 is 0 Å². The maximum Gasteiger partial charge on any atom is 0.135 e. The summed E-state index contributed by atoms with van der Waals surface area (Å²) in [5.41, 5.74) is 15.3. The first kappa shape index (κ1) is 36.5. The number of hydrogen-bond acceptors (Lipinski definition) is 3. The number of benzene rings is 6. The van der Waals surface area contributed by atoms with Crippen LogP contribution in [-0.4, -0.2) is 9.55 Å². The second-order valence-electron chi connectivity index (χ2n) is 15.0. The molecule has 8 aromatic rings. The molecule has 9 rings (SSSR count). The molecule has 3 heterocycles. The Labute approximate surface area is 339 Å². The van der Waals surface area contributed by atoms with Crippen molar-refractivity contribution in [3.63, 3.8) is 0 Å². The Morgan fingerprint density at radius 3 is 2.05 bits per heavy atom. The van der Waals surface area contributed by atoms with E-state index in [1.807, 2.05) is 12.3 Å². The molecule has 6 aromatic carbocycles. The summed E-state index contributed by atoms with van der Waals surface area (Å²) in [6.45, 7) is 13.5. The van der Waals surface area contributed by atoms with Crippen molar-refractivity contribution < 1.29 is 21.1 Å². The molecule has 0 bridgehead atoms. The van der Waals surface area contributed by atoms with Crippen LogP contribution in [-0.2, 0) is 27.5 Å². The van der Waals surface area contributed by atoms with Gasteiger partial charge in [0.1, 0.15) is 5.82 Å². The van der Waals surface area contributed by atoms with Gasteiger partial charge in [-0.3, -0.25) is 0 Å². The van der Waals surface area contributed by atoms with Crippen LogP contribution in [0.1, 0.15) is 67.3 Å². The van der Waals surface area contributed by atoms with Gasteiger partial charge in [-0.05, 0) is 95.3 Å². The monoisotopic (exact) mass is 894 g/mol. The van der Waals surface area contributed by atoms with Gasteiger partial charge in [0.2, 0.25) is 0 Å². The summed E-state index contributed by atoms with van der Waals surface area (Å²) in [4.78, 5) is 9.39. The maximum atomic E-state index is 4.81. The van der Waals surface area contributed by atoms with Gasteiger partial charge < -0.3 is 14.4 Å². The molecule has 55 heavy (non-hydrogen) atoms. The average Bonchev–Trinajstić information content (AvgIpc) is 3.74. The minimum Gasteiger partial charge on any atom is -0.493 e. The minimum absolute atomic E-state index is 0. The number of fused-ring (bicyclic) bond motifs is 4. The van der Waals surface area contributed by atoms with Crippen molar-refractivity contribution in [2.45, 2.75) is 52.9 Å². The Morgan fingerprint density at radius 1 is 0.636 bits per heavy atom. The zero-order chi connectivity index (χ0) is 36.9. The number of aryl methyl sites for hydroxylation is 1. The van der Waals surface area contributed by atoms with E-state index in [-0.39, 0.29) is 21.1 Å². The number of anilines is 4. The van der Waals surface area contributed by atoms with Gasteiger partial charge in [0.25, 0.3) is 0 Å². The summed E-state index contributed by atoms with van der Waals surface area (Å²) in [5.74, 6) is 1.65. The standard InChI is InChI=1S/C50H43N4.Pt/c1-33(2)41-17-13-18-42(34(3)4)50(41)38-28-37(29-40(31-38)53-32-52(39-14-7-6-8-15-39)46-20-11-12-21-47(46)53)27-36-22-23-44-43-16-9-10-19-45(43)54(48(44)30-36)49-26-35(5)24-25-51-49;/h6-26,28,31-34H,27H2,1-5H3;/q-3;. The Bertz CT molecular complexity index is 2630. The number of pyridine rings is 1. The van der Waals surface area contributed by atoms with E-state index in [0.29, 0.717) is 18.3 Å². The molecular formula is C50H43N4Pt-3. The average molecular weight is 895 g/mol. The summed E-state index contributed by atoms with van der Waals surface area (Å²) < 4.78 is 2.26. The van der Waals surface area contributed by atoms with Gasteiger partial charge in [-0.2, -0.15) is 41.5 Å². The maximum absolute atomic E-state index is 4.81. The van der Waals surface area contributed by atoms with Gasteiger partial charge in [-0.15, -0.1) is 29.4 Å². The van der Waals surface area contributed by atoms with E-state index in [4.69, 9.17) is 4.98 Å². The van der Waals surface area contributed by atoms with Crippen molar-refractivity contribution in [2.75, 3.05) is 9.80 Å². The second kappa shape index (κ2) is 15.0. The SMILES string of the molecule is Cc1ccnc(-n2c3[c-]c(Cc4[c-]c(N5[CH-]N(c6ccccc6)c6ccccc65)cc(-c5c(C(C)C)cccc5C(C)C)c4)ccc3c3ccccc32)c1.[Pt]. The number of rotatable bonds is 8. The molecule has 5 heteroatoms. The van der Waals surface area contributed by atoms with E-state index in [1.54, 1.807) is 0 Å². The fourth-order valence-corrected chi connectivity index (χ4v) is 8.09. The summed E-state index contributed by atoms with van der Waals surface area (Å²) in [5, 5.41) is 2.37. The fourth-order valence-electron chi connectivity index (χ4n) is 8.09. The smallest absolute Gasteiger partial charge is 0.135 e. The zero-order valence-corrected chi connectivity index (χ0v) is 34.1. The van der Waals surface area contributed by atoms with Gasteiger partial charge in [0.15, 0.2) is 0 Å². The predicted octanol–water partition coefficient (Wildman–Crippen LogP) is 13.0. The summed E-state index contributed by atoms with van der Waals surface area (Å²) in [6.07, 6.45) is 2.57. The van der Waals surface area contributed by atoms with Crippen LogP contribution >= 0.6 is 0 Å². The first-order valence-electron chi connectivity index (χ1n) is 19.0. The normalized spacial score (nSPS) is 12.6. The second-order valence-corrected chi connectivity index (χ2v) is 15.0. The molecule has 0 saturated heterocycles. The largest absolute Gasteiger partial charge is 0.493 e. The molecule has 4 nitrogen and oxygen atoms in total. The molecule has 0 saturated carbocycles. The van der Waals surface area contributed by atoms with Crippen molar-refractivity contribution in [1.82, 2.24) is 9.55 Å². The van der Waals surface area contributed by atoms with Gasteiger partial charge in [-0.25, -0.2) is 4.98 Å². The third kappa shape index (κ3) is 6.68. The van der Waals surface area contributed by atoms with E-state index >= 15 is 0 Å².